The second-order valence-corrected chi connectivity index (χ2v) is 2.91. The van der Waals surface area contributed by atoms with Gasteiger partial charge in [-0.05, 0) is 6.42 Å². The molecule has 3 N–H and O–H groups in total. The van der Waals surface area contributed by atoms with Crippen LogP contribution in [0.1, 0.15) is 12.8 Å². The topological polar surface area (TPSA) is 72.5 Å². The molecule has 1 rings (SSSR count). The van der Waals surface area contributed by atoms with Crippen molar-refractivity contribution in [1.29, 1.82) is 0 Å². The van der Waals surface area contributed by atoms with E-state index in [1.807, 2.05) is 0 Å². The number of rotatable bonds is 2. The van der Waals surface area contributed by atoms with Crippen LogP contribution in [0.2, 0.25) is 0 Å². The predicted molar refractivity (Wildman–Crippen MR) is 38.7 cm³/mol. The molecule has 1 aliphatic carbocycles. The van der Waals surface area contributed by atoms with Gasteiger partial charge in [0.2, 0.25) is 0 Å². The Morgan fingerprint density at radius 3 is 2.82 bits per heavy atom. The largest absolute Gasteiger partial charge is 0.469 e. The van der Waals surface area contributed by atoms with Gasteiger partial charge < -0.3 is 15.6 Å². The van der Waals surface area contributed by atoms with Crippen molar-refractivity contribution < 1.29 is 14.6 Å². The van der Waals surface area contributed by atoms with E-state index in [9.17, 15) is 4.79 Å². The number of methoxy groups -OCH3 is 1. The lowest BCUT2D eigenvalue weighted by molar-refractivity contribution is -0.145. The van der Waals surface area contributed by atoms with Crippen molar-refractivity contribution in [2.75, 3.05) is 7.11 Å². The zero-order valence-corrected chi connectivity index (χ0v) is 6.49. The maximum Gasteiger partial charge on any atom is 0.305 e. The van der Waals surface area contributed by atoms with Crippen LogP contribution in [0.4, 0.5) is 0 Å². The maximum atomic E-state index is 10.7. The van der Waals surface area contributed by atoms with Crippen LogP contribution in [0.5, 0.6) is 0 Å². The van der Waals surface area contributed by atoms with Crippen molar-refractivity contribution in [3.05, 3.63) is 0 Å². The maximum absolute atomic E-state index is 10.7. The number of hydrogen-bond donors (Lipinski definition) is 2. The van der Waals surface area contributed by atoms with Crippen molar-refractivity contribution in [2.24, 2.45) is 11.7 Å². The van der Waals surface area contributed by atoms with E-state index in [0.717, 1.165) is 0 Å². The lowest BCUT2D eigenvalue weighted by Crippen LogP contribution is -2.51. The summed E-state index contributed by atoms with van der Waals surface area (Å²) in [5, 5.41) is 9.13. The van der Waals surface area contributed by atoms with Crippen LogP contribution >= 0.6 is 0 Å². The van der Waals surface area contributed by atoms with Crippen molar-refractivity contribution >= 4 is 5.97 Å². The standard InChI is InChI=1S/C7H13NO3/c1-11-7(10)2-4-5(8)3-6(4)9/h4-6,9H,2-3,8H2,1H3/t4-,5+,6-/m1/s1. The van der Waals surface area contributed by atoms with E-state index in [-0.39, 0.29) is 24.3 Å². The van der Waals surface area contributed by atoms with Gasteiger partial charge in [-0.25, -0.2) is 0 Å². The highest BCUT2D eigenvalue weighted by atomic mass is 16.5. The number of nitrogens with two attached hydrogens (primary N) is 1. The Bertz CT molecular complexity index is 152. The van der Waals surface area contributed by atoms with E-state index >= 15 is 0 Å². The average Bonchev–Trinajstić information content (AvgIpc) is 2.00. The molecule has 64 valence electrons. The van der Waals surface area contributed by atoms with Gasteiger partial charge in [0.05, 0.1) is 19.6 Å². The molecule has 4 nitrogen and oxygen atoms in total. The minimum atomic E-state index is -0.413. The van der Waals surface area contributed by atoms with Gasteiger partial charge in [0.15, 0.2) is 0 Å². The molecule has 0 radical (unpaired) electrons. The Morgan fingerprint density at radius 2 is 2.45 bits per heavy atom. The molecular formula is C7H13NO3. The van der Waals surface area contributed by atoms with Gasteiger partial charge >= 0.3 is 5.97 Å². The molecule has 0 bridgehead atoms. The molecule has 1 aliphatic rings. The van der Waals surface area contributed by atoms with E-state index in [1.54, 1.807) is 0 Å². The quantitative estimate of drug-likeness (QED) is 0.520. The Balaban J connectivity index is 2.31. The third kappa shape index (κ3) is 1.70. The summed E-state index contributed by atoms with van der Waals surface area (Å²) in [5.41, 5.74) is 5.55. The number of esters is 1. The lowest BCUT2D eigenvalue weighted by Gasteiger charge is -2.38. The second kappa shape index (κ2) is 3.19. The van der Waals surface area contributed by atoms with E-state index in [4.69, 9.17) is 10.8 Å². The second-order valence-electron chi connectivity index (χ2n) is 2.91. The highest BCUT2D eigenvalue weighted by Crippen LogP contribution is 2.29. The first-order valence-corrected chi connectivity index (χ1v) is 3.65. The Hall–Kier alpha value is -0.610. The molecule has 11 heavy (non-hydrogen) atoms. The molecule has 0 aromatic rings. The molecule has 0 aromatic carbocycles. The van der Waals surface area contributed by atoms with Crippen molar-refractivity contribution in [3.63, 3.8) is 0 Å². The van der Waals surface area contributed by atoms with Gasteiger partial charge in [-0.1, -0.05) is 0 Å². The molecule has 0 heterocycles. The highest BCUT2D eigenvalue weighted by Gasteiger charge is 2.38. The highest BCUT2D eigenvalue weighted by molar-refractivity contribution is 5.69. The zero-order chi connectivity index (χ0) is 8.43. The number of ether oxygens (including phenoxy) is 1. The van der Waals surface area contributed by atoms with Crippen LogP contribution in [0.15, 0.2) is 0 Å². The third-order valence-electron chi connectivity index (χ3n) is 2.19. The summed E-state index contributed by atoms with van der Waals surface area (Å²) in [6.45, 7) is 0. The van der Waals surface area contributed by atoms with Crippen molar-refractivity contribution in [1.82, 2.24) is 0 Å². The fraction of sp³-hybridized carbons (Fsp3) is 0.857. The van der Waals surface area contributed by atoms with Crippen LogP contribution in [0.25, 0.3) is 0 Å². The number of carbonyl (C=O) groups excluding carboxylic acids is 1. The predicted octanol–water partition coefficient (Wildman–Crippen LogP) is -0.742. The summed E-state index contributed by atoms with van der Waals surface area (Å²) in [4.78, 5) is 10.7. The summed E-state index contributed by atoms with van der Waals surface area (Å²) in [5.74, 6) is -0.397. The van der Waals surface area contributed by atoms with E-state index in [1.165, 1.54) is 7.11 Å². The van der Waals surface area contributed by atoms with Crippen LogP contribution in [0, 0.1) is 5.92 Å². The van der Waals surface area contributed by atoms with E-state index < -0.39 is 6.10 Å². The Kier molecular flexibility index (Phi) is 2.46. The third-order valence-corrected chi connectivity index (χ3v) is 2.19. The smallest absolute Gasteiger partial charge is 0.305 e. The Morgan fingerprint density at radius 1 is 1.82 bits per heavy atom. The number of aliphatic hydroxyl groups excluding tert-OH is 1. The van der Waals surface area contributed by atoms with Crippen LogP contribution < -0.4 is 5.73 Å². The Labute approximate surface area is 65.3 Å². The molecule has 0 unspecified atom stereocenters. The molecule has 0 aromatic heterocycles. The van der Waals surface area contributed by atoms with E-state index in [2.05, 4.69) is 4.74 Å². The zero-order valence-electron chi connectivity index (χ0n) is 6.49. The van der Waals surface area contributed by atoms with Crippen LogP contribution in [0.3, 0.4) is 0 Å². The first-order valence-electron chi connectivity index (χ1n) is 3.65. The van der Waals surface area contributed by atoms with Gasteiger partial charge in [0, 0.05) is 12.0 Å². The summed E-state index contributed by atoms with van der Waals surface area (Å²) in [6.07, 6.45) is 0.421. The van der Waals surface area contributed by atoms with Gasteiger partial charge in [0.25, 0.3) is 0 Å². The normalized spacial score (nSPS) is 36.1. The molecule has 1 fully saturated rings. The van der Waals surface area contributed by atoms with Gasteiger partial charge in [-0.3, -0.25) is 4.79 Å². The monoisotopic (exact) mass is 159 g/mol. The molecular weight excluding hydrogens is 146 g/mol. The van der Waals surface area contributed by atoms with Gasteiger partial charge in [-0.15, -0.1) is 0 Å². The van der Waals surface area contributed by atoms with Crippen LogP contribution in [-0.2, 0) is 9.53 Å². The summed E-state index contributed by atoms with van der Waals surface area (Å²) in [7, 11) is 1.33. The molecule has 3 atom stereocenters. The molecule has 1 saturated carbocycles. The van der Waals surface area contributed by atoms with Crippen molar-refractivity contribution in [2.45, 2.75) is 25.0 Å². The molecule has 0 amide bonds. The molecule has 0 aliphatic heterocycles. The fourth-order valence-corrected chi connectivity index (χ4v) is 1.28. The lowest BCUT2D eigenvalue weighted by atomic mass is 9.75. The van der Waals surface area contributed by atoms with E-state index in [0.29, 0.717) is 6.42 Å². The van der Waals surface area contributed by atoms with Crippen molar-refractivity contribution in [3.8, 4) is 0 Å². The SMILES string of the molecule is COC(=O)C[C@H]1[C@H](O)C[C@@H]1N. The van der Waals surface area contributed by atoms with Gasteiger partial charge in [0.1, 0.15) is 0 Å². The fourth-order valence-electron chi connectivity index (χ4n) is 1.28. The van der Waals surface area contributed by atoms with Gasteiger partial charge in [-0.2, -0.15) is 0 Å². The molecule has 4 heteroatoms. The number of hydrogen-bond acceptors (Lipinski definition) is 4. The molecule has 0 spiro atoms. The molecule has 0 saturated heterocycles. The average molecular weight is 159 g/mol. The number of aliphatic hydroxyl groups is 1. The summed E-state index contributed by atoms with van der Waals surface area (Å²) >= 11 is 0. The number of carbonyl (C=O) groups is 1. The first-order chi connectivity index (χ1) is 5.15. The summed E-state index contributed by atoms with van der Waals surface area (Å²) in [6, 6.07) is -0.0379. The van der Waals surface area contributed by atoms with Crippen LogP contribution in [-0.4, -0.2) is 30.3 Å². The minimum absolute atomic E-state index is 0.0379. The first kappa shape index (κ1) is 8.49. The summed E-state index contributed by atoms with van der Waals surface area (Å²) < 4.78 is 4.45. The minimum Gasteiger partial charge on any atom is -0.469 e.